The lowest BCUT2D eigenvalue weighted by Crippen LogP contribution is -2.48. The van der Waals surface area contributed by atoms with Crippen molar-refractivity contribution in [1.29, 1.82) is 0 Å². The van der Waals surface area contributed by atoms with Gasteiger partial charge in [0.25, 0.3) is 5.91 Å². The maximum Gasteiger partial charge on any atom is 0.254 e. The molecule has 128 valence electrons. The number of morpholine rings is 1. The fourth-order valence-corrected chi connectivity index (χ4v) is 3.81. The van der Waals surface area contributed by atoms with E-state index in [1.54, 1.807) is 11.1 Å². The molecule has 1 amide bonds. The Balaban J connectivity index is 1.59. The molecule has 1 saturated heterocycles. The summed E-state index contributed by atoms with van der Waals surface area (Å²) in [7, 11) is 2.08. The summed E-state index contributed by atoms with van der Waals surface area (Å²) < 4.78 is 11.6. The zero-order chi connectivity index (χ0) is 16.1. The molecule has 0 N–H and O–H groups in total. The fourth-order valence-electron chi connectivity index (χ4n) is 3.14. The van der Waals surface area contributed by atoms with Gasteiger partial charge in [-0.15, -0.1) is 11.3 Å². The highest BCUT2D eigenvalue weighted by Gasteiger charge is 2.27. The van der Waals surface area contributed by atoms with E-state index in [1.807, 2.05) is 5.38 Å². The monoisotopic (exact) mass is 339 g/mol. The van der Waals surface area contributed by atoms with E-state index >= 15 is 0 Å². The number of carbonyl (C=O) groups excluding carboxylic acids is 1. The first-order valence-corrected chi connectivity index (χ1v) is 9.22. The third-order valence-corrected chi connectivity index (χ3v) is 5.22. The zero-order valence-corrected chi connectivity index (χ0v) is 14.5. The second-order valence-corrected chi connectivity index (χ2v) is 7.16. The number of carbonyl (C=O) groups is 1. The number of ether oxygens (including phenoxy) is 2. The summed E-state index contributed by atoms with van der Waals surface area (Å²) in [5.41, 5.74) is 0. The van der Waals surface area contributed by atoms with Crippen LogP contribution in [0, 0.1) is 0 Å². The lowest BCUT2D eigenvalue weighted by Gasteiger charge is -2.33. The molecule has 0 radical (unpaired) electrons. The van der Waals surface area contributed by atoms with E-state index in [-0.39, 0.29) is 24.7 Å². The number of anilines is 1. The van der Waals surface area contributed by atoms with Gasteiger partial charge in [0.2, 0.25) is 0 Å². The summed E-state index contributed by atoms with van der Waals surface area (Å²) in [6, 6.07) is 0. The Morgan fingerprint density at radius 2 is 2.35 bits per heavy atom. The van der Waals surface area contributed by atoms with E-state index in [2.05, 4.69) is 16.9 Å². The highest BCUT2D eigenvalue weighted by atomic mass is 32.1. The molecule has 0 aromatic carbocycles. The van der Waals surface area contributed by atoms with Gasteiger partial charge in [-0.25, -0.2) is 4.98 Å². The van der Waals surface area contributed by atoms with Crippen molar-refractivity contribution in [2.24, 2.45) is 0 Å². The lowest BCUT2D eigenvalue weighted by molar-refractivity contribution is -0.125. The molecule has 1 unspecified atom stereocenters. The summed E-state index contributed by atoms with van der Waals surface area (Å²) in [6.45, 7) is 3.14. The van der Waals surface area contributed by atoms with Crippen LogP contribution in [0.15, 0.2) is 11.6 Å². The number of amides is 1. The van der Waals surface area contributed by atoms with E-state index in [1.165, 1.54) is 24.2 Å². The average molecular weight is 339 g/mol. The molecule has 2 fully saturated rings. The molecule has 7 heteroatoms. The highest BCUT2D eigenvalue weighted by Crippen LogP contribution is 2.22. The van der Waals surface area contributed by atoms with Crippen LogP contribution >= 0.6 is 11.3 Å². The summed E-state index contributed by atoms with van der Waals surface area (Å²) >= 11 is 1.48. The van der Waals surface area contributed by atoms with Crippen molar-refractivity contribution >= 4 is 22.4 Å². The van der Waals surface area contributed by atoms with Crippen molar-refractivity contribution in [2.45, 2.75) is 37.9 Å². The molecule has 2 heterocycles. The topological polar surface area (TPSA) is 54.9 Å². The molecule has 1 aliphatic heterocycles. The molecular formula is C16H25N3O3S. The molecule has 23 heavy (non-hydrogen) atoms. The van der Waals surface area contributed by atoms with Crippen LogP contribution in [0.5, 0.6) is 0 Å². The van der Waals surface area contributed by atoms with Crippen LogP contribution in [0.3, 0.4) is 0 Å². The molecule has 2 aliphatic rings. The molecule has 1 saturated carbocycles. The van der Waals surface area contributed by atoms with Crippen molar-refractivity contribution in [1.82, 2.24) is 9.88 Å². The summed E-state index contributed by atoms with van der Waals surface area (Å²) in [5, 5.41) is 2.61. The Labute approximate surface area is 141 Å². The number of hydrogen-bond acceptors (Lipinski definition) is 6. The number of thiazole rings is 1. The first-order valence-electron chi connectivity index (χ1n) is 8.34. The third-order valence-electron chi connectivity index (χ3n) is 4.42. The smallest absolute Gasteiger partial charge is 0.254 e. The van der Waals surface area contributed by atoms with Gasteiger partial charge in [0, 0.05) is 24.7 Å². The normalized spacial score (nSPS) is 23.3. The summed E-state index contributed by atoms with van der Waals surface area (Å²) in [6.07, 6.45) is 6.55. The molecule has 1 aromatic rings. The fraction of sp³-hybridized carbons (Fsp3) is 0.750. The number of nitrogens with zero attached hydrogens (tertiary/aromatic N) is 3. The Kier molecular flexibility index (Phi) is 5.99. The third kappa shape index (κ3) is 4.73. The first kappa shape index (κ1) is 16.8. The van der Waals surface area contributed by atoms with Crippen LogP contribution in [0.1, 0.15) is 25.7 Å². The van der Waals surface area contributed by atoms with Crippen molar-refractivity contribution in [3.8, 4) is 0 Å². The van der Waals surface area contributed by atoms with Gasteiger partial charge in [-0.2, -0.15) is 0 Å². The maximum absolute atomic E-state index is 12.7. The van der Waals surface area contributed by atoms with Gasteiger partial charge in [0.15, 0.2) is 5.13 Å². The van der Waals surface area contributed by atoms with Gasteiger partial charge in [-0.3, -0.25) is 9.69 Å². The molecule has 1 aromatic heterocycles. The number of rotatable bonds is 6. The van der Waals surface area contributed by atoms with E-state index in [0.29, 0.717) is 13.2 Å². The van der Waals surface area contributed by atoms with E-state index in [9.17, 15) is 4.79 Å². The van der Waals surface area contributed by atoms with Crippen molar-refractivity contribution in [3.05, 3.63) is 11.6 Å². The largest absolute Gasteiger partial charge is 0.374 e. The number of hydrogen-bond donors (Lipinski definition) is 0. The molecule has 3 rings (SSSR count). The zero-order valence-electron chi connectivity index (χ0n) is 13.6. The molecular weight excluding hydrogens is 314 g/mol. The quantitative estimate of drug-likeness (QED) is 0.790. The minimum absolute atomic E-state index is 0.0214. The van der Waals surface area contributed by atoms with Gasteiger partial charge in [-0.05, 0) is 19.9 Å². The average Bonchev–Trinajstić information content (AvgIpc) is 3.23. The molecule has 0 bridgehead atoms. The SMILES string of the molecule is CN1CCOC(CN(C(=O)COC2CCCC2)c2nccs2)C1. The Bertz CT molecular complexity index is 491. The molecule has 6 nitrogen and oxygen atoms in total. The summed E-state index contributed by atoms with van der Waals surface area (Å²) in [4.78, 5) is 20.9. The standard InChI is InChI=1S/C16H25N3O3S/c1-18-7-8-21-14(10-18)11-19(16-17-6-9-23-16)15(20)12-22-13-4-2-3-5-13/h6,9,13-14H,2-5,7-8,10-12H2,1H3. The van der Waals surface area contributed by atoms with E-state index in [0.717, 1.165) is 31.1 Å². The predicted octanol–water partition coefficient (Wildman–Crippen LogP) is 1.77. The van der Waals surface area contributed by atoms with E-state index < -0.39 is 0 Å². The second kappa shape index (κ2) is 8.19. The van der Waals surface area contributed by atoms with Gasteiger partial charge in [-0.1, -0.05) is 12.8 Å². The first-order chi connectivity index (χ1) is 11.2. The van der Waals surface area contributed by atoms with Gasteiger partial charge in [0.05, 0.1) is 25.4 Å². The van der Waals surface area contributed by atoms with Crippen LogP contribution in [0.4, 0.5) is 5.13 Å². The minimum Gasteiger partial charge on any atom is -0.374 e. The summed E-state index contributed by atoms with van der Waals surface area (Å²) in [5.74, 6) is -0.0244. The van der Waals surface area contributed by atoms with Crippen LogP contribution in [-0.2, 0) is 14.3 Å². The van der Waals surface area contributed by atoms with Crippen LogP contribution < -0.4 is 4.90 Å². The highest BCUT2D eigenvalue weighted by molar-refractivity contribution is 7.13. The predicted molar refractivity (Wildman–Crippen MR) is 89.9 cm³/mol. The second-order valence-electron chi connectivity index (χ2n) is 6.29. The van der Waals surface area contributed by atoms with Crippen LogP contribution in [0.2, 0.25) is 0 Å². The Morgan fingerprint density at radius 1 is 1.52 bits per heavy atom. The lowest BCUT2D eigenvalue weighted by atomic mass is 10.2. The van der Waals surface area contributed by atoms with Crippen LogP contribution in [-0.4, -0.2) is 67.9 Å². The Hall–Kier alpha value is -1.02. The minimum atomic E-state index is -0.0244. The van der Waals surface area contributed by atoms with Gasteiger partial charge in [0.1, 0.15) is 6.61 Å². The van der Waals surface area contributed by atoms with Crippen molar-refractivity contribution in [2.75, 3.05) is 44.8 Å². The number of likely N-dealkylation sites (N-methyl/N-ethyl adjacent to an activating group) is 1. The maximum atomic E-state index is 12.7. The molecule has 0 spiro atoms. The van der Waals surface area contributed by atoms with E-state index in [4.69, 9.17) is 9.47 Å². The van der Waals surface area contributed by atoms with Gasteiger partial charge < -0.3 is 14.4 Å². The molecule has 1 atom stereocenters. The molecule has 1 aliphatic carbocycles. The number of aromatic nitrogens is 1. The van der Waals surface area contributed by atoms with Crippen molar-refractivity contribution in [3.63, 3.8) is 0 Å². The Morgan fingerprint density at radius 3 is 3.04 bits per heavy atom. The van der Waals surface area contributed by atoms with Crippen molar-refractivity contribution < 1.29 is 14.3 Å². The van der Waals surface area contributed by atoms with Crippen LogP contribution in [0.25, 0.3) is 0 Å². The van der Waals surface area contributed by atoms with Gasteiger partial charge >= 0.3 is 0 Å².